The number of aryl methyl sites for hydroxylation is 2. The van der Waals surface area contributed by atoms with Crippen molar-refractivity contribution in [2.24, 2.45) is 0 Å². The molecule has 0 amide bonds. The fourth-order valence-electron chi connectivity index (χ4n) is 2.66. The minimum Gasteiger partial charge on any atom is -0.394 e. The highest BCUT2D eigenvalue weighted by molar-refractivity contribution is 6.29. The predicted molar refractivity (Wildman–Crippen MR) is 77.2 cm³/mol. The Bertz CT molecular complexity index is 687. The van der Waals surface area contributed by atoms with Gasteiger partial charge in [0, 0.05) is 0 Å². The first-order valence-corrected chi connectivity index (χ1v) is 7.09. The molecule has 2 aromatic rings. The van der Waals surface area contributed by atoms with E-state index in [0.29, 0.717) is 5.52 Å². The quantitative estimate of drug-likeness (QED) is 0.767. The summed E-state index contributed by atoms with van der Waals surface area (Å²) in [5, 5.41) is 29.4. The Morgan fingerprint density at radius 3 is 2.52 bits per heavy atom. The molecule has 0 bridgehead atoms. The van der Waals surface area contributed by atoms with E-state index in [-0.39, 0.29) is 11.9 Å². The highest BCUT2D eigenvalue weighted by Crippen LogP contribution is 2.35. The summed E-state index contributed by atoms with van der Waals surface area (Å²) in [5.74, 6) is 0. The number of imidazole rings is 1. The molecule has 1 saturated heterocycles. The number of fused-ring (bicyclic) bond motifs is 1. The van der Waals surface area contributed by atoms with Gasteiger partial charge in [-0.25, -0.2) is 4.98 Å². The second-order valence-corrected chi connectivity index (χ2v) is 5.74. The Morgan fingerprint density at radius 2 is 1.90 bits per heavy atom. The van der Waals surface area contributed by atoms with Crippen LogP contribution in [0.15, 0.2) is 12.1 Å². The summed E-state index contributed by atoms with van der Waals surface area (Å²) in [7, 11) is 0. The molecule has 3 rings (SSSR count). The maximum absolute atomic E-state index is 10.1. The van der Waals surface area contributed by atoms with Crippen molar-refractivity contribution in [3.63, 3.8) is 0 Å². The molecular weight excluding hydrogens is 296 g/mol. The molecule has 1 aromatic heterocycles. The number of nitrogens with zero attached hydrogens (tertiary/aromatic N) is 2. The van der Waals surface area contributed by atoms with E-state index in [2.05, 4.69) is 4.98 Å². The van der Waals surface area contributed by atoms with Crippen LogP contribution in [0, 0.1) is 13.8 Å². The van der Waals surface area contributed by atoms with Gasteiger partial charge in [0.15, 0.2) is 6.23 Å². The van der Waals surface area contributed by atoms with Crippen molar-refractivity contribution < 1.29 is 20.1 Å². The van der Waals surface area contributed by atoms with Crippen LogP contribution in [0.25, 0.3) is 11.0 Å². The number of hydrogen-bond acceptors (Lipinski definition) is 5. The summed E-state index contributed by atoms with van der Waals surface area (Å²) >= 11 is 6.17. The van der Waals surface area contributed by atoms with Crippen LogP contribution in [-0.4, -0.2) is 49.8 Å². The number of ether oxygens (including phenoxy) is 1. The SMILES string of the molecule is Cc1cc2nc(Cl)n(C3O[C@H](CO)[C@@H](O)[C@H]3O)c2cc1C. The Labute approximate surface area is 126 Å². The van der Waals surface area contributed by atoms with Gasteiger partial charge in [-0.15, -0.1) is 0 Å². The summed E-state index contributed by atoms with van der Waals surface area (Å²) in [4.78, 5) is 4.26. The van der Waals surface area contributed by atoms with Gasteiger partial charge in [0.1, 0.15) is 18.3 Å². The summed E-state index contributed by atoms with van der Waals surface area (Å²) in [6.07, 6.45) is -4.07. The molecule has 0 saturated carbocycles. The van der Waals surface area contributed by atoms with Gasteiger partial charge in [0.25, 0.3) is 0 Å². The van der Waals surface area contributed by atoms with Crippen LogP contribution in [-0.2, 0) is 4.74 Å². The van der Waals surface area contributed by atoms with Crippen LogP contribution in [0.4, 0.5) is 0 Å². The molecule has 6 nitrogen and oxygen atoms in total. The number of aliphatic hydroxyl groups excluding tert-OH is 3. The molecule has 4 atom stereocenters. The standard InChI is InChI=1S/C14H17ClN2O4/c1-6-3-8-9(4-7(6)2)17(14(15)16-8)13-12(20)11(19)10(5-18)21-13/h3-4,10-13,18-20H,5H2,1-2H3/t10-,11-,12-,13?/m1/s1. The van der Waals surface area contributed by atoms with Gasteiger partial charge in [-0.3, -0.25) is 4.57 Å². The number of benzene rings is 1. The number of rotatable bonds is 2. The topological polar surface area (TPSA) is 87.7 Å². The normalized spacial score (nSPS) is 29.4. The lowest BCUT2D eigenvalue weighted by molar-refractivity contribution is -0.0507. The van der Waals surface area contributed by atoms with Gasteiger partial charge < -0.3 is 20.1 Å². The molecule has 114 valence electrons. The van der Waals surface area contributed by atoms with Crippen LogP contribution >= 0.6 is 11.6 Å². The Hall–Kier alpha value is -1.18. The lowest BCUT2D eigenvalue weighted by atomic mass is 10.1. The molecule has 1 aliphatic heterocycles. The molecule has 1 unspecified atom stereocenters. The maximum Gasteiger partial charge on any atom is 0.205 e. The fourth-order valence-corrected chi connectivity index (χ4v) is 2.93. The van der Waals surface area contributed by atoms with Crippen molar-refractivity contribution in [3.05, 3.63) is 28.5 Å². The molecule has 0 radical (unpaired) electrons. The zero-order valence-corrected chi connectivity index (χ0v) is 12.4. The van der Waals surface area contributed by atoms with E-state index in [9.17, 15) is 15.3 Å². The molecule has 2 heterocycles. The molecule has 7 heteroatoms. The van der Waals surface area contributed by atoms with Crippen LogP contribution < -0.4 is 0 Å². The van der Waals surface area contributed by atoms with E-state index < -0.39 is 24.5 Å². The van der Waals surface area contributed by atoms with Crippen molar-refractivity contribution in [1.29, 1.82) is 0 Å². The highest BCUT2D eigenvalue weighted by Gasteiger charge is 2.44. The van der Waals surface area contributed by atoms with Crippen molar-refractivity contribution in [2.75, 3.05) is 6.61 Å². The maximum atomic E-state index is 10.1. The van der Waals surface area contributed by atoms with Crippen molar-refractivity contribution in [2.45, 2.75) is 38.4 Å². The van der Waals surface area contributed by atoms with E-state index in [1.807, 2.05) is 26.0 Å². The first-order chi connectivity index (χ1) is 9.93. The summed E-state index contributed by atoms with van der Waals surface area (Å²) in [6.45, 7) is 3.57. The van der Waals surface area contributed by atoms with Crippen molar-refractivity contribution >= 4 is 22.6 Å². The molecule has 3 N–H and O–H groups in total. The second kappa shape index (κ2) is 5.23. The lowest BCUT2D eigenvalue weighted by Gasteiger charge is -2.18. The van der Waals surface area contributed by atoms with Gasteiger partial charge in [0.05, 0.1) is 17.6 Å². The third kappa shape index (κ3) is 2.23. The molecule has 1 aromatic carbocycles. The molecular formula is C14H17ClN2O4. The molecule has 0 aliphatic carbocycles. The summed E-state index contributed by atoms with van der Waals surface area (Å²) in [6, 6.07) is 3.83. The zero-order chi connectivity index (χ0) is 15.3. The smallest absolute Gasteiger partial charge is 0.205 e. The number of hydrogen-bond donors (Lipinski definition) is 3. The lowest BCUT2D eigenvalue weighted by Crippen LogP contribution is -2.33. The average Bonchev–Trinajstić information content (AvgIpc) is 2.89. The van der Waals surface area contributed by atoms with E-state index in [1.54, 1.807) is 4.57 Å². The minimum absolute atomic E-state index is 0.171. The molecule has 1 fully saturated rings. The van der Waals surface area contributed by atoms with Gasteiger partial charge in [0.2, 0.25) is 5.28 Å². The van der Waals surface area contributed by atoms with E-state index in [1.165, 1.54) is 0 Å². The largest absolute Gasteiger partial charge is 0.394 e. The van der Waals surface area contributed by atoms with Crippen LogP contribution in [0.2, 0.25) is 5.28 Å². The van der Waals surface area contributed by atoms with Crippen LogP contribution in [0.5, 0.6) is 0 Å². The van der Waals surface area contributed by atoms with Crippen molar-refractivity contribution in [1.82, 2.24) is 9.55 Å². The first-order valence-electron chi connectivity index (χ1n) is 6.71. The number of aromatic nitrogens is 2. The van der Waals surface area contributed by atoms with Gasteiger partial charge in [-0.05, 0) is 48.7 Å². The summed E-state index contributed by atoms with van der Waals surface area (Å²) < 4.78 is 7.08. The van der Waals surface area contributed by atoms with E-state index in [0.717, 1.165) is 16.6 Å². The van der Waals surface area contributed by atoms with E-state index >= 15 is 0 Å². The van der Waals surface area contributed by atoms with Gasteiger partial charge >= 0.3 is 0 Å². The average molecular weight is 313 g/mol. The predicted octanol–water partition coefficient (Wildman–Crippen LogP) is 0.918. The summed E-state index contributed by atoms with van der Waals surface area (Å²) in [5.41, 5.74) is 3.57. The molecule has 0 spiro atoms. The number of halogens is 1. The highest BCUT2D eigenvalue weighted by atomic mass is 35.5. The third-order valence-electron chi connectivity index (χ3n) is 4.03. The molecule has 1 aliphatic rings. The van der Waals surface area contributed by atoms with Crippen LogP contribution in [0.3, 0.4) is 0 Å². The van der Waals surface area contributed by atoms with E-state index in [4.69, 9.17) is 16.3 Å². The monoisotopic (exact) mass is 312 g/mol. The Kier molecular flexibility index (Phi) is 3.67. The minimum atomic E-state index is -1.18. The van der Waals surface area contributed by atoms with Crippen molar-refractivity contribution in [3.8, 4) is 0 Å². The Morgan fingerprint density at radius 1 is 1.24 bits per heavy atom. The fraction of sp³-hybridized carbons (Fsp3) is 0.500. The first kappa shape index (κ1) is 14.7. The molecule has 21 heavy (non-hydrogen) atoms. The third-order valence-corrected chi connectivity index (χ3v) is 4.30. The van der Waals surface area contributed by atoms with Gasteiger partial charge in [-0.1, -0.05) is 0 Å². The van der Waals surface area contributed by atoms with Gasteiger partial charge in [-0.2, -0.15) is 0 Å². The number of aliphatic hydroxyl groups is 3. The zero-order valence-electron chi connectivity index (χ0n) is 11.7. The van der Waals surface area contributed by atoms with Crippen LogP contribution in [0.1, 0.15) is 17.4 Å². The Balaban J connectivity index is 2.12. The second-order valence-electron chi connectivity index (χ2n) is 5.40.